The molecule has 0 saturated heterocycles. The molecular formula is C14H20O3. The first-order chi connectivity index (χ1) is 8.08. The molecule has 0 unspecified atom stereocenters. The molecular weight excluding hydrogens is 216 g/mol. The number of ether oxygens (including phenoxy) is 2. The summed E-state index contributed by atoms with van der Waals surface area (Å²) in [5.41, 5.74) is 1.61. The van der Waals surface area contributed by atoms with Gasteiger partial charge in [0.05, 0.1) is 18.3 Å². The first-order valence-corrected chi connectivity index (χ1v) is 6.05. The van der Waals surface area contributed by atoms with Crippen LogP contribution < -0.4 is 4.74 Å². The Morgan fingerprint density at radius 3 is 2.53 bits per heavy atom. The zero-order valence-corrected chi connectivity index (χ0v) is 10.9. The summed E-state index contributed by atoms with van der Waals surface area (Å²) >= 11 is 0. The van der Waals surface area contributed by atoms with Crippen LogP contribution in [0.4, 0.5) is 0 Å². The van der Waals surface area contributed by atoms with E-state index in [4.69, 9.17) is 9.47 Å². The van der Waals surface area contributed by atoms with Crippen molar-refractivity contribution >= 4 is 5.97 Å². The smallest absolute Gasteiger partial charge is 0.338 e. The van der Waals surface area contributed by atoms with Crippen LogP contribution in [0.2, 0.25) is 0 Å². The van der Waals surface area contributed by atoms with Crippen LogP contribution >= 0.6 is 0 Å². The minimum atomic E-state index is -0.279. The van der Waals surface area contributed by atoms with Crippen molar-refractivity contribution in [1.82, 2.24) is 0 Å². The molecule has 1 aromatic carbocycles. The zero-order chi connectivity index (χ0) is 12.8. The lowest BCUT2D eigenvalue weighted by molar-refractivity contribution is 0.0526. The lowest BCUT2D eigenvalue weighted by Gasteiger charge is -2.14. The van der Waals surface area contributed by atoms with Crippen molar-refractivity contribution in [1.29, 1.82) is 0 Å². The Morgan fingerprint density at radius 1 is 1.29 bits per heavy atom. The molecule has 0 aromatic heterocycles. The SMILES string of the molecule is CCOC(=O)c1ccc(OC(C)C)c(CC)c1. The fourth-order valence-electron chi connectivity index (χ4n) is 1.57. The van der Waals surface area contributed by atoms with E-state index < -0.39 is 0 Å². The Balaban J connectivity index is 2.95. The molecule has 0 saturated carbocycles. The second-order valence-electron chi connectivity index (χ2n) is 4.06. The van der Waals surface area contributed by atoms with Gasteiger partial charge in [-0.2, -0.15) is 0 Å². The van der Waals surface area contributed by atoms with Gasteiger partial charge in [-0.25, -0.2) is 4.79 Å². The van der Waals surface area contributed by atoms with Gasteiger partial charge in [0.15, 0.2) is 0 Å². The molecule has 0 bridgehead atoms. The van der Waals surface area contributed by atoms with Gasteiger partial charge in [-0.05, 0) is 51.0 Å². The number of carbonyl (C=O) groups excluding carboxylic acids is 1. The van der Waals surface area contributed by atoms with E-state index in [1.165, 1.54) is 0 Å². The van der Waals surface area contributed by atoms with E-state index >= 15 is 0 Å². The monoisotopic (exact) mass is 236 g/mol. The Bertz CT molecular complexity index is 383. The predicted octanol–water partition coefficient (Wildman–Crippen LogP) is 3.21. The lowest BCUT2D eigenvalue weighted by atomic mass is 10.1. The van der Waals surface area contributed by atoms with E-state index in [1.807, 2.05) is 32.9 Å². The normalized spacial score (nSPS) is 10.4. The number of aryl methyl sites for hydroxylation is 1. The first kappa shape index (κ1) is 13.6. The number of rotatable bonds is 5. The fourth-order valence-corrected chi connectivity index (χ4v) is 1.57. The van der Waals surface area contributed by atoms with E-state index in [0.717, 1.165) is 17.7 Å². The molecule has 0 radical (unpaired) electrons. The molecule has 0 aliphatic heterocycles. The average Bonchev–Trinajstić information content (AvgIpc) is 2.29. The Morgan fingerprint density at radius 2 is 2.00 bits per heavy atom. The summed E-state index contributed by atoms with van der Waals surface area (Å²) in [5, 5.41) is 0. The molecule has 0 aliphatic carbocycles. The number of benzene rings is 1. The largest absolute Gasteiger partial charge is 0.491 e. The zero-order valence-electron chi connectivity index (χ0n) is 10.9. The maximum atomic E-state index is 11.6. The molecule has 0 spiro atoms. The third kappa shape index (κ3) is 3.77. The Kier molecular flexibility index (Phi) is 5.01. The van der Waals surface area contributed by atoms with Gasteiger partial charge in [-0.3, -0.25) is 0 Å². The van der Waals surface area contributed by atoms with Gasteiger partial charge in [-0.15, -0.1) is 0 Å². The van der Waals surface area contributed by atoms with Crippen molar-refractivity contribution in [2.75, 3.05) is 6.61 Å². The molecule has 0 aliphatic rings. The number of carbonyl (C=O) groups is 1. The number of esters is 1. The lowest BCUT2D eigenvalue weighted by Crippen LogP contribution is -2.09. The van der Waals surface area contributed by atoms with Gasteiger partial charge in [-0.1, -0.05) is 6.92 Å². The highest BCUT2D eigenvalue weighted by atomic mass is 16.5. The van der Waals surface area contributed by atoms with E-state index in [-0.39, 0.29) is 12.1 Å². The van der Waals surface area contributed by atoms with E-state index in [9.17, 15) is 4.79 Å². The molecule has 0 heterocycles. The highest BCUT2D eigenvalue weighted by molar-refractivity contribution is 5.89. The summed E-state index contributed by atoms with van der Waals surface area (Å²) in [6, 6.07) is 5.43. The molecule has 0 N–H and O–H groups in total. The number of hydrogen-bond donors (Lipinski definition) is 0. The van der Waals surface area contributed by atoms with E-state index in [1.54, 1.807) is 13.0 Å². The topological polar surface area (TPSA) is 35.5 Å². The van der Waals surface area contributed by atoms with Crippen LogP contribution in [-0.4, -0.2) is 18.7 Å². The summed E-state index contributed by atoms with van der Waals surface area (Å²) in [7, 11) is 0. The van der Waals surface area contributed by atoms with Crippen LogP contribution in [0, 0.1) is 0 Å². The molecule has 17 heavy (non-hydrogen) atoms. The van der Waals surface area contributed by atoms with Gasteiger partial charge >= 0.3 is 5.97 Å². The number of hydrogen-bond acceptors (Lipinski definition) is 3. The highest BCUT2D eigenvalue weighted by Gasteiger charge is 2.11. The summed E-state index contributed by atoms with van der Waals surface area (Å²) < 4.78 is 10.6. The Hall–Kier alpha value is -1.51. The van der Waals surface area contributed by atoms with Crippen molar-refractivity contribution < 1.29 is 14.3 Å². The highest BCUT2D eigenvalue weighted by Crippen LogP contribution is 2.22. The van der Waals surface area contributed by atoms with Gasteiger partial charge in [0.1, 0.15) is 5.75 Å². The molecule has 94 valence electrons. The second-order valence-corrected chi connectivity index (χ2v) is 4.06. The van der Waals surface area contributed by atoms with Crippen molar-refractivity contribution in [2.24, 2.45) is 0 Å². The fraction of sp³-hybridized carbons (Fsp3) is 0.500. The van der Waals surface area contributed by atoms with Crippen LogP contribution in [0.1, 0.15) is 43.6 Å². The minimum Gasteiger partial charge on any atom is -0.491 e. The van der Waals surface area contributed by atoms with Gasteiger partial charge in [0.2, 0.25) is 0 Å². The van der Waals surface area contributed by atoms with Crippen LogP contribution in [-0.2, 0) is 11.2 Å². The van der Waals surface area contributed by atoms with Gasteiger partial charge in [0.25, 0.3) is 0 Å². The summed E-state index contributed by atoms with van der Waals surface area (Å²) in [6.07, 6.45) is 0.962. The predicted molar refractivity (Wildman–Crippen MR) is 67.5 cm³/mol. The molecule has 1 aromatic rings. The maximum absolute atomic E-state index is 11.6. The first-order valence-electron chi connectivity index (χ1n) is 6.05. The molecule has 0 atom stereocenters. The molecule has 0 fully saturated rings. The van der Waals surface area contributed by atoms with Crippen molar-refractivity contribution in [3.8, 4) is 5.75 Å². The van der Waals surface area contributed by atoms with Gasteiger partial charge in [0, 0.05) is 0 Å². The van der Waals surface area contributed by atoms with Crippen LogP contribution in [0.15, 0.2) is 18.2 Å². The van der Waals surface area contributed by atoms with E-state index in [0.29, 0.717) is 12.2 Å². The molecule has 0 amide bonds. The van der Waals surface area contributed by atoms with Crippen molar-refractivity contribution in [3.05, 3.63) is 29.3 Å². The second kappa shape index (κ2) is 6.28. The molecule has 1 rings (SSSR count). The van der Waals surface area contributed by atoms with Crippen molar-refractivity contribution in [2.45, 2.75) is 40.2 Å². The summed E-state index contributed by atoms with van der Waals surface area (Å²) in [6.45, 7) is 8.20. The average molecular weight is 236 g/mol. The van der Waals surface area contributed by atoms with Gasteiger partial charge < -0.3 is 9.47 Å². The summed E-state index contributed by atoms with van der Waals surface area (Å²) in [5.74, 6) is 0.564. The molecule has 3 nitrogen and oxygen atoms in total. The van der Waals surface area contributed by atoms with Crippen molar-refractivity contribution in [3.63, 3.8) is 0 Å². The third-order valence-corrected chi connectivity index (χ3v) is 2.32. The maximum Gasteiger partial charge on any atom is 0.338 e. The van der Waals surface area contributed by atoms with E-state index in [2.05, 4.69) is 0 Å². The minimum absolute atomic E-state index is 0.133. The van der Waals surface area contributed by atoms with Crippen LogP contribution in [0.5, 0.6) is 5.75 Å². The van der Waals surface area contributed by atoms with Crippen LogP contribution in [0.25, 0.3) is 0 Å². The summed E-state index contributed by atoms with van der Waals surface area (Å²) in [4.78, 5) is 11.6. The quantitative estimate of drug-likeness (QED) is 0.736. The standard InChI is InChI=1S/C14H20O3/c1-5-11-9-12(14(15)16-6-2)7-8-13(11)17-10(3)4/h7-10H,5-6H2,1-4H3. The Labute approximate surface area is 103 Å². The molecule has 3 heteroatoms. The van der Waals surface area contributed by atoms with Crippen LogP contribution in [0.3, 0.4) is 0 Å². The third-order valence-electron chi connectivity index (χ3n) is 2.32.